The van der Waals surface area contributed by atoms with Crippen LogP contribution in [0.4, 0.5) is 0 Å². The molecule has 24 heavy (non-hydrogen) atoms. The molecule has 1 fully saturated rings. The molecule has 1 N–H and O–H groups in total. The normalized spacial score (nSPS) is 15.3. The lowest BCUT2D eigenvalue weighted by atomic mass is 10.3. The lowest BCUT2D eigenvalue weighted by molar-refractivity contribution is -0.121. The molecule has 1 saturated heterocycles. The Kier molecular flexibility index (Phi) is 6.28. The molecular weight excluding hydrogens is 324 g/mol. The van der Waals surface area contributed by atoms with E-state index in [1.165, 1.54) is 0 Å². The third-order valence-corrected chi connectivity index (χ3v) is 4.81. The average molecular weight is 346 g/mol. The maximum absolute atomic E-state index is 11.9. The van der Waals surface area contributed by atoms with Crippen LogP contribution in [-0.2, 0) is 16.0 Å². The van der Waals surface area contributed by atoms with Crippen molar-refractivity contribution >= 4 is 17.2 Å². The molecule has 3 rings (SSSR count). The summed E-state index contributed by atoms with van der Waals surface area (Å²) >= 11 is 1.58. The van der Waals surface area contributed by atoms with Crippen LogP contribution in [0.15, 0.2) is 29.8 Å². The van der Waals surface area contributed by atoms with Crippen molar-refractivity contribution in [1.29, 1.82) is 0 Å². The van der Waals surface area contributed by atoms with Gasteiger partial charge in [-0.25, -0.2) is 4.98 Å². The fourth-order valence-electron chi connectivity index (χ4n) is 2.54. The van der Waals surface area contributed by atoms with Gasteiger partial charge in [-0.15, -0.1) is 11.3 Å². The van der Waals surface area contributed by atoms with Crippen molar-refractivity contribution in [3.8, 4) is 11.4 Å². The van der Waals surface area contributed by atoms with Gasteiger partial charge in [-0.3, -0.25) is 14.7 Å². The second-order valence-corrected chi connectivity index (χ2v) is 6.59. The number of pyridine rings is 1. The van der Waals surface area contributed by atoms with Gasteiger partial charge < -0.3 is 10.1 Å². The van der Waals surface area contributed by atoms with Crippen molar-refractivity contribution < 1.29 is 9.53 Å². The molecule has 3 heterocycles. The van der Waals surface area contributed by atoms with E-state index < -0.39 is 0 Å². The second-order valence-electron chi connectivity index (χ2n) is 5.65. The van der Waals surface area contributed by atoms with Crippen LogP contribution in [0, 0.1) is 0 Å². The summed E-state index contributed by atoms with van der Waals surface area (Å²) in [7, 11) is 0. The summed E-state index contributed by atoms with van der Waals surface area (Å²) in [6.45, 7) is 5.05. The van der Waals surface area contributed by atoms with Gasteiger partial charge in [0.05, 0.1) is 29.6 Å². The Labute approximate surface area is 145 Å². The van der Waals surface area contributed by atoms with Gasteiger partial charge in [0, 0.05) is 50.6 Å². The highest BCUT2D eigenvalue weighted by Crippen LogP contribution is 2.20. The van der Waals surface area contributed by atoms with E-state index in [9.17, 15) is 4.79 Å². The van der Waals surface area contributed by atoms with Gasteiger partial charge in [-0.05, 0) is 12.1 Å². The van der Waals surface area contributed by atoms with E-state index >= 15 is 0 Å². The maximum Gasteiger partial charge on any atom is 0.220 e. The largest absolute Gasteiger partial charge is 0.379 e. The lowest BCUT2D eigenvalue weighted by Crippen LogP contribution is -2.41. The van der Waals surface area contributed by atoms with Gasteiger partial charge >= 0.3 is 0 Å². The number of carbonyl (C=O) groups is 1. The highest BCUT2D eigenvalue weighted by Gasteiger charge is 2.11. The van der Waals surface area contributed by atoms with E-state index in [1.54, 1.807) is 17.5 Å². The summed E-state index contributed by atoms with van der Waals surface area (Å²) in [5, 5.41) is 5.95. The molecule has 2 aromatic heterocycles. The van der Waals surface area contributed by atoms with Crippen molar-refractivity contribution in [2.45, 2.75) is 12.8 Å². The molecule has 7 heteroatoms. The van der Waals surface area contributed by atoms with Crippen LogP contribution in [0.1, 0.15) is 11.4 Å². The van der Waals surface area contributed by atoms with Crippen LogP contribution in [0.2, 0.25) is 0 Å². The number of rotatable bonds is 7. The Bertz CT molecular complexity index is 641. The van der Waals surface area contributed by atoms with Crippen LogP contribution in [0.3, 0.4) is 0 Å². The minimum Gasteiger partial charge on any atom is -0.379 e. The zero-order valence-electron chi connectivity index (χ0n) is 13.6. The third kappa shape index (κ3) is 5.09. The first-order valence-electron chi connectivity index (χ1n) is 8.24. The Morgan fingerprint density at radius 2 is 2.17 bits per heavy atom. The molecule has 0 aliphatic carbocycles. The monoisotopic (exact) mass is 346 g/mol. The topological polar surface area (TPSA) is 67.4 Å². The van der Waals surface area contributed by atoms with E-state index in [0.717, 1.165) is 49.2 Å². The molecule has 0 bridgehead atoms. The Balaban J connectivity index is 1.38. The van der Waals surface area contributed by atoms with Gasteiger partial charge in [0.25, 0.3) is 0 Å². The van der Waals surface area contributed by atoms with Gasteiger partial charge in [0.15, 0.2) is 0 Å². The van der Waals surface area contributed by atoms with Gasteiger partial charge in [-0.1, -0.05) is 6.07 Å². The highest BCUT2D eigenvalue weighted by atomic mass is 32.1. The predicted molar refractivity (Wildman–Crippen MR) is 93.9 cm³/mol. The van der Waals surface area contributed by atoms with Crippen molar-refractivity contribution in [2.24, 2.45) is 0 Å². The van der Waals surface area contributed by atoms with E-state index in [4.69, 9.17) is 4.74 Å². The number of morpholine rings is 1. The summed E-state index contributed by atoms with van der Waals surface area (Å²) < 4.78 is 5.31. The van der Waals surface area contributed by atoms with Crippen molar-refractivity contribution in [2.75, 3.05) is 39.4 Å². The second kappa shape index (κ2) is 8.86. The standard InChI is InChI=1S/C17H22N4O2S/c22-16(19-7-8-21-9-11-23-12-10-21)4-5-17-20-15(13-24-17)14-3-1-2-6-18-14/h1-3,6,13H,4-5,7-12H2,(H,19,22). The number of nitrogens with zero attached hydrogens (tertiary/aromatic N) is 3. The van der Waals surface area contributed by atoms with Crippen LogP contribution in [0.25, 0.3) is 11.4 Å². The molecule has 0 atom stereocenters. The first-order valence-corrected chi connectivity index (χ1v) is 9.12. The highest BCUT2D eigenvalue weighted by molar-refractivity contribution is 7.09. The number of ether oxygens (including phenoxy) is 1. The molecule has 2 aromatic rings. The van der Waals surface area contributed by atoms with Gasteiger partial charge in [-0.2, -0.15) is 0 Å². The van der Waals surface area contributed by atoms with Crippen LogP contribution < -0.4 is 5.32 Å². The van der Waals surface area contributed by atoms with Crippen LogP contribution >= 0.6 is 11.3 Å². The fourth-order valence-corrected chi connectivity index (χ4v) is 3.34. The smallest absolute Gasteiger partial charge is 0.220 e. The van der Waals surface area contributed by atoms with Crippen LogP contribution in [0.5, 0.6) is 0 Å². The summed E-state index contributed by atoms with van der Waals surface area (Å²) in [4.78, 5) is 23.1. The zero-order chi connectivity index (χ0) is 16.6. The number of aryl methyl sites for hydroxylation is 1. The first kappa shape index (κ1) is 17.0. The first-order chi connectivity index (χ1) is 11.8. The molecule has 0 saturated carbocycles. The third-order valence-electron chi connectivity index (χ3n) is 3.90. The molecule has 0 aromatic carbocycles. The molecule has 128 valence electrons. The Morgan fingerprint density at radius 1 is 1.29 bits per heavy atom. The summed E-state index contributed by atoms with van der Waals surface area (Å²) in [5.74, 6) is 0.0813. The van der Waals surface area contributed by atoms with Gasteiger partial charge in [0.1, 0.15) is 0 Å². The predicted octanol–water partition coefficient (Wildman–Crippen LogP) is 1.59. The van der Waals surface area contributed by atoms with Crippen molar-refractivity contribution in [3.05, 3.63) is 34.8 Å². The molecule has 0 spiro atoms. The molecule has 1 amide bonds. The summed E-state index contributed by atoms with van der Waals surface area (Å²) in [6.07, 6.45) is 2.90. The van der Waals surface area contributed by atoms with Crippen molar-refractivity contribution in [3.63, 3.8) is 0 Å². The number of thiazole rings is 1. The lowest BCUT2D eigenvalue weighted by Gasteiger charge is -2.26. The van der Waals surface area contributed by atoms with E-state index in [2.05, 4.69) is 20.2 Å². The SMILES string of the molecule is O=C(CCc1nc(-c2ccccn2)cs1)NCCN1CCOCC1. The fraction of sp³-hybridized carbons (Fsp3) is 0.471. The number of nitrogens with one attached hydrogen (secondary N) is 1. The Morgan fingerprint density at radius 3 is 2.96 bits per heavy atom. The summed E-state index contributed by atoms with van der Waals surface area (Å²) in [6, 6.07) is 5.78. The molecule has 1 aliphatic heterocycles. The van der Waals surface area contributed by atoms with E-state index in [1.807, 2.05) is 23.6 Å². The minimum absolute atomic E-state index is 0.0813. The molecule has 6 nitrogen and oxygen atoms in total. The molecule has 1 aliphatic rings. The average Bonchev–Trinajstić information content (AvgIpc) is 3.11. The minimum atomic E-state index is 0.0813. The summed E-state index contributed by atoms with van der Waals surface area (Å²) in [5.41, 5.74) is 1.75. The van der Waals surface area contributed by atoms with Crippen LogP contribution in [-0.4, -0.2) is 60.2 Å². The number of hydrogen-bond acceptors (Lipinski definition) is 6. The van der Waals surface area contributed by atoms with E-state index in [-0.39, 0.29) is 5.91 Å². The number of hydrogen-bond donors (Lipinski definition) is 1. The molecular formula is C17H22N4O2S. The molecule has 0 radical (unpaired) electrons. The maximum atomic E-state index is 11.9. The van der Waals surface area contributed by atoms with Crippen molar-refractivity contribution in [1.82, 2.24) is 20.2 Å². The number of carbonyl (C=O) groups excluding carboxylic acids is 1. The van der Waals surface area contributed by atoms with Gasteiger partial charge in [0.2, 0.25) is 5.91 Å². The zero-order valence-corrected chi connectivity index (χ0v) is 14.4. The Hall–Kier alpha value is -1.83. The number of aromatic nitrogens is 2. The van der Waals surface area contributed by atoms with E-state index in [0.29, 0.717) is 19.4 Å². The number of amides is 1. The quantitative estimate of drug-likeness (QED) is 0.825. The molecule has 0 unspecified atom stereocenters.